The number of likely N-dealkylation sites (tertiary alicyclic amines) is 1. The summed E-state index contributed by atoms with van der Waals surface area (Å²) in [5, 5.41) is 0. The van der Waals surface area contributed by atoms with Crippen LogP contribution in [0.5, 0.6) is 17.2 Å². The van der Waals surface area contributed by atoms with Crippen molar-refractivity contribution in [3.8, 4) is 17.2 Å². The molecule has 0 atom stereocenters. The topological polar surface area (TPSA) is 60.5 Å². The van der Waals surface area contributed by atoms with E-state index < -0.39 is 0 Å². The molecule has 1 fully saturated rings. The van der Waals surface area contributed by atoms with Crippen LogP contribution in [0.15, 0.2) is 36.4 Å². The third-order valence-electron chi connectivity index (χ3n) is 5.95. The molecule has 0 aromatic heterocycles. The van der Waals surface area contributed by atoms with Gasteiger partial charge in [0.1, 0.15) is 6.61 Å². The van der Waals surface area contributed by atoms with E-state index in [2.05, 4.69) is 4.90 Å². The molecule has 32 heavy (non-hydrogen) atoms. The first-order chi connectivity index (χ1) is 15.5. The quantitative estimate of drug-likeness (QED) is 0.591. The van der Waals surface area contributed by atoms with Crippen molar-refractivity contribution >= 4 is 11.6 Å². The molecule has 174 valence electrons. The van der Waals surface area contributed by atoms with Crippen molar-refractivity contribution in [3.05, 3.63) is 47.5 Å². The third-order valence-corrected chi connectivity index (χ3v) is 5.95. The molecule has 7 nitrogen and oxygen atoms in total. The Labute approximate surface area is 190 Å². The number of piperidine rings is 1. The van der Waals surface area contributed by atoms with Gasteiger partial charge in [0.25, 0.3) is 5.91 Å². The van der Waals surface area contributed by atoms with Gasteiger partial charge in [-0.05, 0) is 38.0 Å². The molecule has 3 rings (SSSR count). The summed E-state index contributed by atoms with van der Waals surface area (Å²) in [4.78, 5) is 17.2. The van der Waals surface area contributed by atoms with Crippen LogP contribution < -0.4 is 19.1 Å². The van der Waals surface area contributed by atoms with E-state index in [9.17, 15) is 4.79 Å². The highest BCUT2D eigenvalue weighted by Gasteiger charge is 2.29. The lowest BCUT2D eigenvalue weighted by molar-refractivity contribution is -0.122. The van der Waals surface area contributed by atoms with Crippen molar-refractivity contribution in [1.29, 1.82) is 0 Å². The van der Waals surface area contributed by atoms with E-state index in [1.165, 1.54) is 5.56 Å². The second kappa shape index (κ2) is 11.2. The highest BCUT2D eigenvalue weighted by molar-refractivity contribution is 5.95. The molecule has 1 amide bonds. The van der Waals surface area contributed by atoms with E-state index in [0.717, 1.165) is 43.7 Å². The molecule has 0 N–H and O–H groups in total. The summed E-state index contributed by atoms with van der Waals surface area (Å²) >= 11 is 0. The fraction of sp³-hybridized carbons (Fsp3) is 0.480. The van der Waals surface area contributed by atoms with Gasteiger partial charge in [-0.15, -0.1) is 0 Å². The zero-order valence-corrected chi connectivity index (χ0v) is 19.7. The lowest BCUT2D eigenvalue weighted by Gasteiger charge is -2.38. The summed E-state index contributed by atoms with van der Waals surface area (Å²) in [6.07, 6.45) is 1.78. The molecule has 1 aliphatic heterocycles. The van der Waals surface area contributed by atoms with Crippen LogP contribution in [0, 0.1) is 6.92 Å². The van der Waals surface area contributed by atoms with Crippen LogP contribution in [0.4, 0.5) is 5.69 Å². The minimum Gasteiger partial charge on any atom is -0.493 e. The number of carbonyl (C=O) groups excluding carboxylic acids is 1. The van der Waals surface area contributed by atoms with Gasteiger partial charge >= 0.3 is 0 Å². The average molecular weight is 443 g/mol. The fourth-order valence-electron chi connectivity index (χ4n) is 4.32. The zero-order valence-electron chi connectivity index (χ0n) is 19.7. The Hall–Kier alpha value is -2.77. The van der Waals surface area contributed by atoms with E-state index >= 15 is 0 Å². The number of ether oxygens (including phenoxy) is 4. The molecule has 1 aliphatic rings. The number of rotatable bonds is 9. The van der Waals surface area contributed by atoms with Crippen molar-refractivity contribution in [1.82, 2.24) is 4.90 Å². The Kier molecular flexibility index (Phi) is 8.36. The smallest absolute Gasteiger partial charge is 0.253 e. The van der Waals surface area contributed by atoms with Gasteiger partial charge in [-0.1, -0.05) is 23.8 Å². The fourth-order valence-corrected chi connectivity index (χ4v) is 4.32. The standard InChI is InChI=1S/C25H34N2O5/c1-18-6-9-20(10-7-18)27(23(28)17-29-2)21-12-14-26(15-13-21)16-19-8-11-22(30-3)25(32-5)24(19)31-4/h6-11,21H,12-17H2,1-5H3. The van der Waals surface area contributed by atoms with Gasteiger partial charge in [0, 0.05) is 44.0 Å². The Morgan fingerprint density at radius 1 is 0.938 bits per heavy atom. The Morgan fingerprint density at radius 3 is 2.16 bits per heavy atom. The highest BCUT2D eigenvalue weighted by atomic mass is 16.5. The molecular formula is C25H34N2O5. The van der Waals surface area contributed by atoms with Gasteiger partial charge in [-0.2, -0.15) is 0 Å². The Morgan fingerprint density at radius 2 is 1.59 bits per heavy atom. The van der Waals surface area contributed by atoms with E-state index in [1.807, 2.05) is 48.2 Å². The first-order valence-corrected chi connectivity index (χ1v) is 10.9. The lowest BCUT2D eigenvalue weighted by atomic mass is 10.0. The van der Waals surface area contributed by atoms with Crippen molar-refractivity contribution in [3.63, 3.8) is 0 Å². The third kappa shape index (κ3) is 5.34. The average Bonchev–Trinajstić information content (AvgIpc) is 2.81. The number of nitrogens with zero attached hydrogens (tertiary/aromatic N) is 2. The molecule has 0 spiro atoms. The van der Waals surface area contributed by atoms with Gasteiger partial charge in [0.2, 0.25) is 5.75 Å². The predicted molar refractivity (Wildman–Crippen MR) is 125 cm³/mol. The maximum Gasteiger partial charge on any atom is 0.253 e. The molecule has 1 saturated heterocycles. The molecule has 2 aromatic carbocycles. The second-order valence-corrected chi connectivity index (χ2v) is 8.03. The minimum atomic E-state index is -0.00337. The number of carbonyl (C=O) groups is 1. The number of methoxy groups -OCH3 is 4. The monoisotopic (exact) mass is 442 g/mol. The summed E-state index contributed by atoms with van der Waals surface area (Å²) in [5.74, 6) is 1.96. The van der Waals surface area contributed by atoms with Crippen LogP contribution in [-0.4, -0.2) is 65.0 Å². The molecular weight excluding hydrogens is 408 g/mol. The molecule has 1 heterocycles. The van der Waals surface area contributed by atoms with Gasteiger partial charge in [-0.25, -0.2) is 0 Å². The molecule has 7 heteroatoms. The summed E-state index contributed by atoms with van der Waals surface area (Å²) in [6, 6.07) is 12.2. The number of benzene rings is 2. The second-order valence-electron chi connectivity index (χ2n) is 8.03. The molecule has 0 saturated carbocycles. The largest absolute Gasteiger partial charge is 0.493 e. The SMILES string of the molecule is COCC(=O)N(c1ccc(C)cc1)C1CCN(Cc2ccc(OC)c(OC)c2OC)CC1. The van der Waals surface area contributed by atoms with E-state index in [4.69, 9.17) is 18.9 Å². The summed E-state index contributed by atoms with van der Waals surface area (Å²) in [6.45, 7) is 4.63. The van der Waals surface area contributed by atoms with E-state index in [0.29, 0.717) is 17.2 Å². The molecule has 0 radical (unpaired) electrons. The van der Waals surface area contributed by atoms with Crippen LogP contribution in [0.25, 0.3) is 0 Å². The first kappa shape index (κ1) is 23.9. The number of hydrogen-bond acceptors (Lipinski definition) is 6. The molecule has 0 aliphatic carbocycles. The Bertz CT molecular complexity index is 892. The van der Waals surface area contributed by atoms with Crippen molar-refractivity contribution < 1.29 is 23.7 Å². The normalized spacial score (nSPS) is 14.8. The van der Waals surface area contributed by atoms with Gasteiger partial charge < -0.3 is 23.8 Å². The number of anilines is 1. The number of amides is 1. The molecule has 0 bridgehead atoms. The van der Waals surface area contributed by atoms with Crippen molar-refractivity contribution in [2.45, 2.75) is 32.4 Å². The Balaban J connectivity index is 1.72. The van der Waals surface area contributed by atoms with Gasteiger partial charge in [0.15, 0.2) is 11.5 Å². The van der Waals surface area contributed by atoms with Crippen LogP contribution in [0.1, 0.15) is 24.0 Å². The number of hydrogen-bond donors (Lipinski definition) is 0. The lowest BCUT2D eigenvalue weighted by Crippen LogP contribution is -2.48. The molecule has 2 aromatic rings. The number of aryl methyl sites for hydroxylation is 1. The molecule has 0 unspecified atom stereocenters. The maximum absolute atomic E-state index is 12.9. The summed E-state index contributed by atoms with van der Waals surface area (Å²) in [7, 11) is 6.44. The predicted octanol–water partition coefficient (Wildman–Crippen LogP) is 3.66. The van der Waals surface area contributed by atoms with Gasteiger partial charge in [0.05, 0.1) is 21.3 Å². The van der Waals surface area contributed by atoms with Crippen molar-refractivity contribution in [2.75, 3.05) is 53.0 Å². The minimum absolute atomic E-state index is 0.00337. The summed E-state index contributed by atoms with van der Waals surface area (Å²) < 4.78 is 21.7. The zero-order chi connectivity index (χ0) is 23.1. The van der Waals surface area contributed by atoms with Crippen LogP contribution in [0.3, 0.4) is 0 Å². The van der Waals surface area contributed by atoms with Crippen LogP contribution >= 0.6 is 0 Å². The summed E-state index contributed by atoms with van der Waals surface area (Å²) in [5.41, 5.74) is 3.15. The first-order valence-electron chi connectivity index (χ1n) is 10.9. The maximum atomic E-state index is 12.9. The van der Waals surface area contributed by atoms with E-state index in [1.54, 1.807) is 28.4 Å². The van der Waals surface area contributed by atoms with Crippen LogP contribution in [0.2, 0.25) is 0 Å². The van der Waals surface area contributed by atoms with Gasteiger partial charge in [-0.3, -0.25) is 9.69 Å². The highest BCUT2D eigenvalue weighted by Crippen LogP contribution is 2.40. The van der Waals surface area contributed by atoms with Crippen molar-refractivity contribution in [2.24, 2.45) is 0 Å². The van der Waals surface area contributed by atoms with E-state index in [-0.39, 0.29) is 18.6 Å². The van der Waals surface area contributed by atoms with Crippen LogP contribution in [-0.2, 0) is 16.1 Å².